The fourth-order valence-electron chi connectivity index (χ4n) is 3.82. The number of halogens is 4. The Morgan fingerprint density at radius 3 is 2.67 bits per heavy atom. The highest BCUT2D eigenvalue weighted by atomic mass is 19.4. The molecule has 1 atom stereocenters. The van der Waals surface area contributed by atoms with E-state index in [0.717, 1.165) is 17.1 Å². The van der Waals surface area contributed by atoms with Crippen molar-refractivity contribution in [3.8, 4) is 5.69 Å². The molecule has 0 radical (unpaired) electrons. The number of hydrogen-bond acceptors (Lipinski definition) is 5. The van der Waals surface area contributed by atoms with E-state index in [2.05, 4.69) is 14.8 Å². The third kappa shape index (κ3) is 3.98. The van der Waals surface area contributed by atoms with Gasteiger partial charge in [-0.15, -0.1) is 0 Å². The number of piperidine rings is 1. The van der Waals surface area contributed by atoms with Gasteiger partial charge < -0.3 is 14.7 Å². The SMILES string of the molecule is O=C(OC(CO)C(F)(F)F)N1CCC(c2nc3n(n2)-c2ccc(F)cc2CC3)CC1. The van der Waals surface area contributed by atoms with Crippen molar-refractivity contribution in [2.24, 2.45) is 0 Å². The van der Waals surface area contributed by atoms with Crippen LogP contribution in [0.2, 0.25) is 0 Å². The Bertz CT molecular complexity index is 938. The summed E-state index contributed by atoms with van der Waals surface area (Å²) < 4.78 is 57.6. The predicted octanol–water partition coefficient (Wildman–Crippen LogP) is 2.74. The lowest BCUT2D eigenvalue weighted by atomic mass is 9.96. The molecule has 0 saturated carbocycles. The highest BCUT2D eigenvalue weighted by molar-refractivity contribution is 5.68. The van der Waals surface area contributed by atoms with Crippen molar-refractivity contribution in [2.75, 3.05) is 19.7 Å². The number of benzene rings is 1. The molecule has 7 nitrogen and oxygen atoms in total. The lowest BCUT2D eigenvalue weighted by molar-refractivity contribution is -0.214. The largest absolute Gasteiger partial charge is 0.434 e. The molecule has 1 fully saturated rings. The van der Waals surface area contributed by atoms with Gasteiger partial charge in [-0.2, -0.15) is 18.3 Å². The molecule has 2 aliphatic rings. The lowest BCUT2D eigenvalue weighted by Crippen LogP contribution is -2.44. The minimum Gasteiger partial charge on any atom is -0.434 e. The molecular weight excluding hydrogens is 408 g/mol. The molecule has 0 spiro atoms. The van der Waals surface area contributed by atoms with Gasteiger partial charge in [0.05, 0.1) is 12.3 Å². The van der Waals surface area contributed by atoms with Crippen molar-refractivity contribution in [3.63, 3.8) is 0 Å². The van der Waals surface area contributed by atoms with Gasteiger partial charge in [0, 0.05) is 25.4 Å². The Morgan fingerprint density at radius 2 is 2.00 bits per heavy atom. The van der Waals surface area contributed by atoms with Crippen molar-refractivity contribution in [2.45, 2.75) is 43.9 Å². The van der Waals surface area contributed by atoms with Crippen molar-refractivity contribution >= 4 is 6.09 Å². The van der Waals surface area contributed by atoms with E-state index in [4.69, 9.17) is 5.11 Å². The topological polar surface area (TPSA) is 80.5 Å². The molecule has 11 heteroatoms. The van der Waals surface area contributed by atoms with Crippen LogP contribution in [-0.4, -0.2) is 62.8 Å². The van der Waals surface area contributed by atoms with Crippen LogP contribution < -0.4 is 0 Å². The number of amides is 1. The first kappa shape index (κ1) is 20.6. The van der Waals surface area contributed by atoms with Gasteiger partial charge in [-0.25, -0.2) is 18.9 Å². The summed E-state index contributed by atoms with van der Waals surface area (Å²) in [6.45, 7) is -0.919. The average Bonchev–Trinajstić information content (AvgIpc) is 3.15. The van der Waals surface area contributed by atoms with Crippen LogP contribution in [0.3, 0.4) is 0 Å². The first-order valence-electron chi connectivity index (χ1n) is 9.64. The summed E-state index contributed by atoms with van der Waals surface area (Å²) in [6.07, 6.45) is -6.20. The second-order valence-electron chi connectivity index (χ2n) is 7.43. The molecule has 0 aliphatic carbocycles. The number of aryl methyl sites for hydroxylation is 2. The molecule has 162 valence electrons. The highest BCUT2D eigenvalue weighted by Crippen LogP contribution is 2.30. The van der Waals surface area contributed by atoms with E-state index in [0.29, 0.717) is 31.5 Å². The number of ether oxygens (including phenoxy) is 1. The maximum Gasteiger partial charge on any atom is 0.427 e. The van der Waals surface area contributed by atoms with Gasteiger partial charge in [0.2, 0.25) is 6.10 Å². The number of aromatic nitrogens is 3. The molecule has 2 aliphatic heterocycles. The fourth-order valence-corrected chi connectivity index (χ4v) is 3.82. The van der Waals surface area contributed by atoms with Crippen molar-refractivity contribution < 1.29 is 32.2 Å². The summed E-state index contributed by atoms with van der Waals surface area (Å²) in [5, 5.41) is 13.4. The molecule has 1 unspecified atom stereocenters. The number of hydrogen-bond donors (Lipinski definition) is 1. The maximum absolute atomic E-state index is 13.5. The minimum atomic E-state index is -4.82. The molecular formula is C19H20F4N4O3. The molecule has 30 heavy (non-hydrogen) atoms. The van der Waals surface area contributed by atoms with Crippen LogP contribution in [0.1, 0.15) is 36.0 Å². The quantitative estimate of drug-likeness (QED) is 0.761. The van der Waals surface area contributed by atoms with Crippen LogP contribution in [0.4, 0.5) is 22.4 Å². The molecule has 1 aromatic heterocycles. The smallest absolute Gasteiger partial charge is 0.427 e. The van der Waals surface area contributed by atoms with E-state index in [9.17, 15) is 22.4 Å². The minimum absolute atomic E-state index is 0.0488. The van der Waals surface area contributed by atoms with Crippen molar-refractivity contribution in [3.05, 3.63) is 41.2 Å². The summed E-state index contributed by atoms with van der Waals surface area (Å²) in [4.78, 5) is 17.8. The standard InChI is InChI=1S/C19H20F4N4O3/c20-13-2-3-14-12(9-13)1-4-16-24-17(25-27(14)16)11-5-7-26(8-6-11)18(29)30-15(10-28)19(21,22)23/h2-3,9,11,15,28H,1,4-8,10H2. The van der Waals surface area contributed by atoms with Gasteiger partial charge in [0.1, 0.15) is 11.6 Å². The first-order chi connectivity index (χ1) is 14.3. The van der Waals surface area contributed by atoms with E-state index in [1.54, 1.807) is 10.7 Å². The van der Waals surface area contributed by atoms with Gasteiger partial charge in [0.15, 0.2) is 5.82 Å². The van der Waals surface area contributed by atoms with Gasteiger partial charge >= 0.3 is 12.3 Å². The number of rotatable bonds is 3. The Balaban J connectivity index is 1.41. The van der Waals surface area contributed by atoms with Gasteiger partial charge in [-0.1, -0.05) is 0 Å². The Labute approximate surface area is 169 Å². The lowest BCUT2D eigenvalue weighted by Gasteiger charge is -2.31. The molecule has 1 saturated heterocycles. The third-order valence-corrected chi connectivity index (χ3v) is 5.47. The van der Waals surface area contributed by atoms with Crippen LogP contribution in [0.15, 0.2) is 18.2 Å². The summed E-state index contributed by atoms with van der Waals surface area (Å²) in [6, 6.07) is 4.53. The van der Waals surface area contributed by atoms with Gasteiger partial charge in [0.25, 0.3) is 0 Å². The molecule has 0 bridgehead atoms. The summed E-state index contributed by atoms with van der Waals surface area (Å²) in [7, 11) is 0. The summed E-state index contributed by atoms with van der Waals surface area (Å²) >= 11 is 0. The first-order valence-corrected chi connectivity index (χ1v) is 9.64. The van der Waals surface area contributed by atoms with E-state index in [-0.39, 0.29) is 24.8 Å². The monoisotopic (exact) mass is 428 g/mol. The van der Waals surface area contributed by atoms with Gasteiger partial charge in [-0.05, 0) is 43.0 Å². The second kappa shape index (κ2) is 7.86. The molecule has 1 amide bonds. The number of carbonyl (C=O) groups excluding carboxylic acids is 1. The average molecular weight is 428 g/mol. The zero-order valence-electron chi connectivity index (χ0n) is 15.9. The molecule has 1 aromatic carbocycles. The predicted molar refractivity (Wildman–Crippen MR) is 95.7 cm³/mol. The second-order valence-corrected chi connectivity index (χ2v) is 7.43. The van der Waals surface area contributed by atoms with Gasteiger partial charge in [-0.3, -0.25) is 0 Å². The molecule has 1 N–H and O–H groups in total. The normalized spacial score (nSPS) is 18.0. The Morgan fingerprint density at radius 1 is 1.27 bits per heavy atom. The highest BCUT2D eigenvalue weighted by Gasteiger charge is 2.43. The summed E-state index contributed by atoms with van der Waals surface area (Å²) in [5.41, 5.74) is 1.65. The van der Waals surface area contributed by atoms with Crippen LogP contribution in [0.5, 0.6) is 0 Å². The molecule has 4 rings (SSSR count). The van der Waals surface area contributed by atoms with Crippen LogP contribution in [-0.2, 0) is 17.6 Å². The zero-order valence-corrected chi connectivity index (χ0v) is 15.9. The summed E-state index contributed by atoms with van der Waals surface area (Å²) in [5.74, 6) is 1.04. The van der Waals surface area contributed by atoms with E-state index < -0.39 is 25.0 Å². The van der Waals surface area contributed by atoms with Crippen LogP contribution in [0, 0.1) is 5.82 Å². The molecule has 3 heterocycles. The Kier molecular flexibility index (Phi) is 5.39. The van der Waals surface area contributed by atoms with Crippen molar-refractivity contribution in [1.82, 2.24) is 19.7 Å². The third-order valence-electron chi connectivity index (χ3n) is 5.47. The van der Waals surface area contributed by atoms with Crippen LogP contribution in [0.25, 0.3) is 5.69 Å². The number of aliphatic hydroxyl groups excluding tert-OH is 1. The van der Waals surface area contributed by atoms with E-state index in [1.807, 2.05) is 0 Å². The fraction of sp³-hybridized carbons (Fsp3) is 0.526. The van der Waals surface area contributed by atoms with E-state index in [1.165, 1.54) is 17.0 Å². The number of carbonyl (C=O) groups is 1. The number of fused-ring (bicyclic) bond motifs is 3. The Hall–Kier alpha value is -2.69. The van der Waals surface area contributed by atoms with E-state index >= 15 is 0 Å². The zero-order chi connectivity index (χ0) is 21.5. The molecule has 2 aromatic rings. The maximum atomic E-state index is 13.5. The van der Waals surface area contributed by atoms with Crippen molar-refractivity contribution in [1.29, 1.82) is 0 Å². The number of likely N-dealkylation sites (tertiary alicyclic amines) is 1. The number of aliphatic hydroxyl groups is 1. The van der Waals surface area contributed by atoms with Crippen LogP contribution >= 0.6 is 0 Å². The number of nitrogens with zero attached hydrogens (tertiary/aromatic N) is 4. The number of alkyl halides is 3.